The number of hydroxylamine groups is 2. The van der Waals surface area contributed by atoms with Crippen molar-refractivity contribution in [2.45, 2.75) is 38.0 Å². The Morgan fingerprint density at radius 3 is 2.15 bits per heavy atom. The van der Waals surface area contributed by atoms with Crippen LogP contribution in [0.1, 0.15) is 36.8 Å². The average Bonchev–Trinajstić information content (AvgIpc) is 3.12. The van der Waals surface area contributed by atoms with E-state index in [1.165, 1.54) is 19.2 Å². The van der Waals surface area contributed by atoms with Gasteiger partial charge in [-0.25, -0.2) is 0 Å². The molecule has 2 aliphatic rings. The molecule has 2 fully saturated rings. The second-order valence-electron chi connectivity index (χ2n) is 12.1. The molecule has 0 spiro atoms. The van der Waals surface area contributed by atoms with Crippen LogP contribution in [-0.4, -0.2) is 91.5 Å². The second kappa shape index (κ2) is 16.4. The van der Waals surface area contributed by atoms with E-state index < -0.39 is 6.23 Å². The van der Waals surface area contributed by atoms with E-state index in [0.717, 1.165) is 80.4 Å². The SMILES string of the molecule is CN(OF)C(CCC=O)Oc1ccc(N2CCN(C3CCN(c4ccc(/C(=C/C(=N)c5ccccc5O)C(=N)N)cc4)CC3)CC2)cc1. The minimum atomic E-state index is -0.708. The van der Waals surface area contributed by atoms with Crippen LogP contribution in [0.5, 0.6) is 11.5 Å². The van der Waals surface area contributed by atoms with Crippen LogP contribution in [-0.2, 0) is 9.84 Å². The summed E-state index contributed by atoms with van der Waals surface area (Å²) >= 11 is 0. The van der Waals surface area contributed by atoms with Crippen LogP contribution in [0.15, 0.2) is 78.9 Å². The molecule has 0 aromatic heterocycles. The van der Waals surface area contributed by atoms with Crippen LogP contribution in [0.4, 0.5) is 15.9 Å². The summed E-state index contributed by atoms with van der Waals surface area (Å²) in [6.45, 7) is 5.73. The van der Waals surface area contributed by atoms with E-state index in [-0.39, 0.29) is 23.7 Å². The molecule has 2 aliphatic heterocycles. The molecule has 11 nitrogen and oxygen atoms in total. The number of aromatic hydroxyl groups is 1. The summed E-state index contributed by atoms with van der Waals surface area (Å²) in [7, 11) is 1.42. The van der Waals surface area contributed by atoms with Gasteiger partial charge in [0, 0.05) is 87.7 Å². The van der Waals surface area contributed by atoms with Crippen LogP contribution in [0.25, 0.3) is 5.57 Å². The standard InChI is InChI=1S/C36H44FN7O4/c1-41(48-37)35(7-4-24-45)47-30-14-12-28(13-15-30)43-20-22-44(23-21-43)29-16-18-42(19-17-29)27-10-8-26(9-11-27)32(36(39)40)25-33(38)31-5-2-3-6-34(31)46/h2-3,5-6,8-15,24-25,29,35,38,46H,4,7,16-23H2,1H3,(H3,39,40)/b32-25-,38-33?. The lowest BCUT2D eigenvalue weighted by molar-refractivity contribution is -0.349. The van der Waals surface area contributed by atoms with Crippen molar-refractivity contribution in [1.29, 1.82) is 10.8 Å². The summed E-state index contributed by atoms with van der Waals surface area (Å²) in [6.07, 6.45) is 4.30. The number of anilines is 2. The second-order valence-corrected chi connectivity index (χ2v) is 12.1. The summed E-state index contributed by atoms with van der Waals surface area (Å²) in [5, 5.41) is 31.4. The van der Waals surface area contributed by atoms with Gasteiger partial charge in [-0.2, -0.15) is 0 Å². The van der Waals surface area contributed by atoms with Crippen molar-refractivity contribution in [1.82, 2.24) is 9.96 Å². The fraction of sp³-hybridized carbons (Fsp3) is 0.361. The van der Waals surface area contributed by atoms with E-state index in [1.807, 2.05) is 48.5 Å². The number of hydrogen-bond acceptors (Lipinski definition) is 10. The molecule has 5 rings (SSSR count). The molecule has 0 saturated carbocycles. The van der Waals surface area contributed by atoms with Gasteiger partial charge >= 0.3 is 0 Å². The number of hydrogen-bond donors (Lipinski definition) is 4. The van der Waals surface area contributed by atoms with E-state index in [0.29, 0.717) is 29.3 Å². The fourth-order valence-corrected chi connectivity index (χ4v) is 6.39. The van der Waals surface area contributed by atoms with Crippen molar-refractivity contribution in [2.24, 2.45) is 5.73 Å². The van der Waals surface area contributed by atoms with Crippen molar-refractivity contribution in [3.8, 4) is 11.5 Å². The minimum Gasteiger partial charge on any atom is -0.507 e. The maximum absolute atomic E-state index is 12.7. The number of phenols is 1. The molecule has 0 radical (unpaired) electrons. The number of carbonyl (C=O) groups excluding carboxylic acids is 1. The first-order chi connectivity index (χ1) is 23.3. The molecular formula is C36H44FN7O4. The van der Waals surface area contributed by atoms with E-state index in [9.17, 15) is 14.4 Å². The first-order valence-electron chi connectivity index (χ1n) is 16.3. The van der Waals surface area contributed by atoms with Crippen LogP contribution < -0.4 is 20.3 Å². The molecular weight excluding hydrogens is 613 g/mol. The number of amidine groups is 1. The molecule has 3 aromatic carbocycles. The first kappa shape index (κ1) is 34.6. The Bertz CT molecular complexity index is 1570. The lowest BCUT2D eigenvalue weighted by atomic mass is 9.98. The molecule has 3 aromatic rings. The summed E-state index contributed by atoms with van der Waals surface area (Å²) in [5.74, 6) is 0.460. The fourth-order valence-electron chi connectivity index (χ4n) is 6.39. The molecule has 254 valence electrons. The zero-order valence-corrected chi connectivity index (χ0v) is 27.2. The Balaban J connectivity index is 1.11. The van der Waals surface area contributed by atoms with Crippen molar-refractivity contribution >= 4 is 34.8 Å². The van der Waals surface area contributed by atoms with Crippen molar-refractivity contribution < 1.29 is 24.2 Å². The molecule has 1 atom stereocenters. The lowest BCUT2D eigenvalue weighted by Gasteiger charge is -2.44. The van der Waals surface area contributed by atoms with Gasteiger partial charge in [0.15, 0.2) is 6.23 Å². The van der Waals surface area contributed by atoms with Gasteiger partial charge < -0.3 is 35.6 Å². The Morgan fingerprint density at radius 2 is 1.56 bits per heavy atom. The predicted molar refractivity (Wildman–Crippen MR) is 186 cm³/mol. The van der Waals surface area contributed by atoms with Gasteiger partial charge in [0.05, 0.1) is 5.71 Å². The molecule has 1 unspecified atom stereocenters. The molecule has 2 heterocycles. The quantitative estimate of drug-likeness (QED) is 0.0619. The number of ether oxygens (including phenoxy) is 1. The maximum Gasteiger partial charge on any atom is 0.177 e. The number of benzene rings is 3. The number of nitrogens with zero attached hydrogens (tertiary/aromatic N) is 4. The Morgan fingerprint density at radius 1 is 0.958 bits per heavy atom. The van der Waals surface area contributed by atoms with Crippen LogP contribution in [0.3, 0.4) is 0 Å². The highest BCUT2D eigenvalue weighted by Crippen LogP contribution is 2.28. The first-order valence-corrected chi connectivity index (χ1v) is 16.3. The number of carbonyl (C=O) groups is 1. The average molecular weight is 658 g/mol. The van der Waals surface area contributed by atoms with Gasteiger partial charge in [0.1, 0.15) is 23.6 Å². The highest BCUT2D eigenvalue weighted by atomic mass is 19.3. The minimum absolute atomic E-state index is 0.0126. The lowest BCUT2D eigenvalue weighted by Crippen LogP contribution is -2.53. The topological polar surface area (TPSA) is 142 Å². The van der Waals surface area contributed by atoms with Gasteiger partial charge in [-0.15, -0.1) is 5.06 Å². The van der Waals surface area contributed by atoms with Gasteiger partial charge in [-0.1, -0.05) is 29.3 Å². The third kappa shape index (κ3) is 8.57. The number of phenolic OH excluding ortho intramolecular Hbond substituents is 1. The predicted octanol–water partition coefficient (Wildman–Crippen LogP) is 5.00. The Labute approximate surface area is 280 Å². The summed E-state index contributed by atoms with van der Waals surface area (Å²) in [5.41, 5.74) is 9.78. The largest absolute Gasteiger partial charge is 0.507 e. The number of allylic oxidation sites excluding steroid dienone is 1. The number of piperidine rings is 1. The third-order valence-electron chi connectivity index (χ3n) is 9.13. The van der Waals surface area contributed by atoms with Crippen molar-refractivity contribution in [2.75, 3.05) is 56.1 Å². The number of aldehydes is 1. The number of piperazine rings is 1. The van der Waals surface area contributed by atoms with E-state index in [4.69, 9.17) is 21.3 Å². The number of para-hydroxylation sites is 1. The van der Waals surface area contributed by atoms with Crippen LogP contribution >= 0.6 is 0 Å². The number of nitrogens with one attached hydrogen (secondary N) is 2. The van der Waals surface area contributed by atoms with E-state index in [1.54, 1.807) is 18.2 Å². The van der Waals surface area contributed by atoms with Crippen molar-refractivity contribution in [3.05, 3.63) is 90.0 Å². The monoisotopic (exact) mass is 657 g/mol. The maximum atomic E-state index is 12.7. The van der Waals surface area contributed by atoms with Gasteiger partial charge in [-0.05, 0) is 77.5 Å². The zero-order chi connectivity index (χ0) is 34.0. The molecule has 48 heavy (non-hydrogen) atoms. The number of halogens is 1. The molecule has 2 saturated heterocycles. The van der Waals surface area contributed by atoms with Gasteiger partial charge in [0.25, 0.3) is 0 Å². The molecule has 5 N–H and O–H groups in total. The van der Waals surface area contributed by atoms with Gasteiger partial charge in [0.2, 0.25) is 0 Å². The van der Waals surface area contributed by atoms with Crippen LogP contribution in [0.2, 0.25) is 0 Å². The number of nitrogens with two attached hydrogens (primary N) is 1. The normalized spacial score (nSPS) is 16.9. The summed E-state index contributed by atoms with van der Waals surface area (Å²) < 4.78 is 18.5. The summed E-state index contributed by atoms with van der Waals surface area (Å²) in [6, 6.07) is 22.9. The van der Waals surface area contributed by atoms with E-state index >= 15 is 0 Å². The molecule has 0 aliphatic carbocycles. The van der Waals surface area contributed by atoms with Crippen LogP contribution in [0, 0.1) is 10.8 Å². The highest BCUT2D eigenvalue weighted by molar-refractivity contribution is 6.27. The Kier molecular flexibility index (Phi) is 11.8. The van der Waals surface area contributed by atoms with E-state index in [2.05, 4.69) is 19.7 Å². The molecule has 0 amide bonds. The molecule has 0 bridgehead atoms. The third-order valence-corrected chi connectivity index (χ3v) is 9.13. The van der Waals surface area contributed by atoms with Crippen molar-refractivity contribution in [3.63, 3.8) is 0 Å². The summed E-state index contributed by atoms with van der Waals surface area (Å²) in [4.78, 5) is 18.1. The highest BCUT2D eigenvalue weighted by Gasteiger charge is 2.28. The zero-order valence-electron chi connectivity index (χ0n) is 27.2. The van der Waals surface area contributed by atoms with Gasteiger partial charge in [-0.3, -0.25) is 10.3 Å². The smallest absolute Gasteiger partial charge is 0.177 e. The molecule has 12 heteroatoms. The Hall–Kier alpha value is -4.78. The number of rotatable bonds is 14.